The zero-order valence-corrected chi connectivity index (χ0v) is 18.5. The van der Waals surface area contributed by atoms with Crippen molar-refractivity contribution in [1.82, 2.24) is 0 Å². The molecule has 0 aromatic heterocycles. The summed E-state index contributed by atoms with van der Waals surface area (Å²) in [5.41, 5.74) is 33.3. The summed E-state index contributed by atoms with van der Waals surface area (Å²) in [6, 6.07) is 15.6. The van der Waals surface area contributed by atoms with Crippen LogP contribution in [0, 0.1) is 0 Å². The van der Waals surface area contributed by atoms with E-state index < -0.39 is 15.0 Å². The molecule has 11 nitrogen and oxygen atoms in total. The van der Waals surface area contributed by atoms with E-state index in [1.165, 1.54) is 0 Å². The Morgan fingerprint density at radius 1 is 0.688 bits per heavy atom. The fraction of sp³-hybridized carbons (Fsp3) is 0.100. The van der Waals surface area contributed by atoms with Crippen molar-refractivity contribution in [3.05, 3.63) is 54.6 Å². The summed E-state index contributed by atoms with van der Waals surface area (Å²) in [5, 5.41) is 0. The molecule has 0 amide bonds. The molecule has 0 bridgehead atoms. The van der Waals surface area contributed by atoms with Crippen LogP contribution in [0.3, 0.4) is 0 Å². The van der Waals surface area contributed by atoms with Crippen LogP contribution in [-0.2, 0) is 10.1 Å². The maximum Gasteiger partial charge on any atom is 0.296 e. The van der Waals surface area contributed by atoms with E-state index in [1.807, 2.05) is 36.4 Å². The Kier molecular flexibility index (Phi) is 9.25. The van der Waals surface area contributed by atoms with E-state index in [0.717, 1.165) is 28.9 Å². The van der Waals surface area contributed by atoms with Gasteiger partial charge in [-0.05, 0) is 30.3 Å². The van der Waals surface area contributed by atoms with E-state index in [1.54, 1.807) is 26.4 Å². The molecule has 0 fully saturated rings. The average Bonchev–Trinajstić information content (AvgIpc) is 2.74. The molecule has 174 valence electrons. The number of rotatable bonds is 3. The standard InChI is InChI=1S/2C7H9NO.C6H10N4O3S/c2*1-9-7-4-2-3-6(8)5-7;7-2-1-3(14(11,12)13)5(9)6(10)4(2)8/h2*2-5H,8H2,1H3;1H,7-10H2,(H,11,12,13). The molecule has 32 heavy (non-hydrogen) atoms. The Labute approximate surface area is 186 Å². The third-order valence-corrected chi connectivity index (χ3v) is 4.80. The summed E-state index contributed by atoms with van der Waals surface area (Å²) in [6.07, 6.45) is 0. The molecule has 0 spiro atoms. The number of hydrogen-bond acceptors (Lipinski definition) is 10. The van der Waals surface area contributed by atoms with Gasteiger partial charge in [-0.25, -0.2) is 0 Å². The number of hydrogen-bond donors (Lipinski definition) is 7. The van der Waals surface area contributed by atoms with Gasteiger partial charge in [0, 0.05) is 23.5 Å². The molecule has 3 rings (SSSR count). The van der Waals surface area contributed by atoms with Crippen LogP contribution in [0.2, 0.25) is 0 Å². The lowest BCUT2D eigenvalue weighted by Gasteiger charge is -2.10. The van der Waals surface area contributed by atoms with Crippen LogP contribution in [-0.4, -0.2) is 27.2 Å². The minimum Gasteiger partial charge on any atom is -0.497 e. The van der Waals surface area contributed by atoms with E-state index in [9.17, 15) is 8.42 Å². The van der Waals surface area contributed by atoms with E-state index in [4.69, 9.17) is 48.4 Å². The molecular formula is C20H28N6O5S. The first-order valence-electron chi connectivity index (χ1n) is 8.90. The molecule has 0 aliphatic rings. The molecule has 0 saturated heterocycles. The molecule has 0 heterocycles. The topological polar surface area (TPSA) is 229 Å². The fourth-order valence-electron chi connectivity index (χ4n) is 2.23. The van der Waals surface area contributed by atoms with Crippen LogP contribution in [0.15, 0.2) is 59.5 Å². The maximum atomic E-state index is 10.8. The molecule has 0 radical (unpaired) electrons. The van der Waals surface area contributed by atoms with Gasteiger partial charge in [0.15, 0.2) is 0 Å². The van der Waals surface area contributed by atoms with Gasteiger partial charge < -0.3 is 43.9 Å². The van der Waals surface area contributed by atoms with Gasteiger partial charge in [0.2, 0.25) is 0 Å². The second-order valence-electron chi connectivity index (χ2n) is 6.23. The summed E-state index contributed by atoms with van der Waals surface area (Å²) < 4.78 is 40.2. The van der Waals surface area contributed by atoms with Crippen LogP contribution in [0.4, 0.5) is 34.1 Å². The monoisotopic (exact) mass is 464 g/mol. The Bertz CT molecular complexity index is 1110. The fourth-order valence-corrected chi connectivity index (χ4v) is 2.89. The molecule has 0 aliphatic carbocycles. The largest absolute Gasteiger partial charge is 0.497 e. The summed E-state index contributed by atoms with van der Waals surface area (Å²) >= 11 is 0. The van der Waals surface area contributed by atoms with Crippen LogP contribution in [0.1, 0.15) is 0 Å². The number of ether oxygens (including phenoxy) is 2. The highest BCUT2D eigenvalue weighted by Gasteiger charge is 2.19. The summed E-state index contributed by atoms with van der Waals surface area (Å²) in [4.78, 5) is -0.540. The molecule has 3 aromatic carbocycles. The SMILES string of the molecule is COc1cccc(N)c1.COc1cccc(N)c1.Nc1cc(S(=O)(=O)O)c(N)c(N)c1N. The normalized spacial score (nSPS) is 10.1. The predicted molar refractivity (Wildman–Crippen MR) is 129 cm³/mol. The minimum absolute atomic E-state index is 0.00472. The van der Waals surface area contributed by atoms with Crippen LogP contribution >= 0.6 is 0 Å². The highest BCUT2D eigenvalue weighted by molar-refractivity contribution is 7.86. The van der Waals surface area contributed by atoms with Crippen molar-refractivity contribution in [2.45, 2.75) is 4.90 Å². The first-order valence-corrected chi connectivity index (χ1v) is 10.3. The van der Waals surface area contributed by atoms with Crippen molar-refractivity contribution < 1.29 is 22.4 Å². The molecular weight excluding hydrogens is 436 g/mol. The van der Waals surface area contributed by atoms with Crippen molar-refractivity contribution in [2.24, 2.45) is 0 Å². The lowest BCUT2D eigenvalue weighted by atomic mass is 10.2. The lowest BCUT2D eigenvalue weighted by Crippen LogP contribution is -2.10. The molecule has 3 aromatic rings. The maximum absolute atomic E-state index is 10.8. The van der Waals surface area contributed by atoms with Gasteiger partial charge in [0.05, 0.1) is 37.0 Å². The van der Waals surface area contributed by atoms with E-state index in [2.05, 4.69) is 0 Å². The van der Waals surface area contributed by atoms with E-state index in [0.29, 0.717) is 0 Å². The zero-order chi connectivity index (χ0) is 24.5. The minimum atomic E-state index is -4.44. The summed E-state index contributed by atoms with van der Waals surface area (Å²) in [7, 11) is -1.20. The summed E-state index contributed by atoms with van der Waals surface area (Å²) in [5.74, 6) is 1.60. The number of nitrogens with two attached hydrogens (primary N) is 6. The highest BCUT2D eigenvalue weighted by Crippen LogP contribution is 2.34. The zero-order valence-electron chi connectivity index (χ0n) is 17.6. The first-order chi connectivity index (χ1) is 14.9. The number of nitrogen functional groups attached to an aromatic ring is 6. The second kappa shape index (κ2) is 11.4. The molecule has 0 unspecified atom stereocenters. The second-order valence-corrected chi connectivity index (χ2v) is 7.62. The molecule has 12 heteroatoms. The Morgan fingerprint density at radius 3 is 1.44 bits per heavy atom. The van der Waals surface area contributed by atoms with Crippen molar-refractivity contribution in [2.75, 3.05) is 48.6 Å². The predicted octanol–water partition coefficient (Wildman–Crippen LogP) is 1.82. The smallest absolute Gasteiger partial charge is 0.296 e. The van der Waals surface area contributed by atoms with Crippen LogP contribution < -0.4 is 43.9 Å². The van der Waals surface area contributed by atoms with Crippen LogP contribution in [0.5, 0.6) is 11.5 Å². The number of methoxy groups -OCH3 is 2. The molecule has 0 aliphatic heterocycles. The van der Waals surface area contributed by atoms with Gasteiger partial charge in [-0.1, -0.05) is 12.1 Å². The molecule has 0 atom stereocenters. The average molecular weight is 465 g/mol. The first kappa shape index (κ1) is 26.0. The van der Waals surface area contributed by atoms with Gasteiger partial charge in [-0.3, -0.25) is 4.55 Å². The van der Waals surface area contributed by atoms with Gasteiger partial charge in [-0.2, -0.15) is 8.42 Å². The van der Waals surface area contributed by atoms with Crippen LogP contribution in [0.25, 0.3) is 0 Å². The van der Waals surface area contributed by atoms with Gasteiger partial charge in [0.1, 0.15) is 16.4 Å². The molecule has 0 saturated carbocycles. The van der Waals surface area contributed by atoms with Gasteiger partial charge in [-0.15, -0.1) is 0 Å². The lowest BCUT2D eigenvalue weighted by molar-refractivity contribution is 0.415. The van der Waals surface area contributed by atoms with Crippen molar-refractivity contribution in [3.8, 4) is 11.5 Å². The molecule has 13 N–H and O–H groups in total. The summed E-state index contributed by atoms with van der Waals surface area (Å²) in [6.45, 7) is 0. The third-order valence-electron chi connectivity index (χ3n) is 3.91. The Hall–Kier alpha value is -4.03. The quantitative estimate of drug-likeness (QED) is 0.218. The van der Waals surface area contributed by atoms with Gasteiger partial charge in [0.25, 0.3) is 10.1 Å². The van der Waals surface area contributed by atoms with Crippen molar-refractivity contribution >= 4 is 44.2 Å². The van der Waals surface area contributed by atoms with E-state index >= 15 is 0 Å². The Morgan fingerprint density at radius 2 is 1.12 bits per heavy atom. The van der Waals surface area contributed by atoms with E-state index in [-0.39, 0.29) is 22.7 Å². The third kappa shape index (κ3) is 7.66. The van der Waals surface area contributed by atoms with Crippen molar-refractivity contribution in [3.63, 3.8) is 0 Å². The van der Waals surface area contributed by atoms with Gasteiger partial charge >= 0.3 is 0 Å². The van der Waals surface area contributed by atoms with Crippen molar-refractivity contribution in [1.29, 1.82) is 0 Å². The number of benzene rings is 3. The Balaban J connectivity index is 0.000000250. The number of anilines is 6. The highest BCUT2D eigenvalue weighted by atomic mass is 32.2.